The smallest absolute Gasteiger partial charge is 0.271 e. The van der Waals surface area contributed by atoms with Gasteiger partial charge in [0.2, 0.25) is 0 Å². The van der Waals surface area contributed by atoms with Gasteiger partial charge in [-0.25, -0.2) is 5.43 Å². The van der Waals surface area contributed by atoms with Crippen molar-refractivity contribution in [1.82, 2.24) is 15.6 Å². The third kappa shape index (κ3) is 3.80. The first kappa shape index (κ1) is 17.2. The van der Waals surface area contributed by atoms with Gasteiger partial charge in [0.05, 0.1) is 18.1 Å². The van der Waals surface area contributed by atoms with Gasteiger partial charge >= 0.3 is 0 Å². The van der Waals surface area contributed by atoms with Crippen LogP contribution in [0.2, 0.25) is 0 Å². The molecule has 0 saturated heterocycles. The van der Waals surface area contributed by atoms with Gasteiger partial charge in [-0.3, -0.25) is 9.89 Å². The Morgan fingerprint density at radius 3 is 2.63 bits per heavy atom. The van der Waals surface area contributed by atoms with E-state index in [4.69, 9.17) is 0 Å². The quantitative estimate of drug-likeness (QED) is 0.370. The number of carbonyl (C=O) groups is 1. The second kappa shape index (κ2) is 7.55. The molecule has 0 bridgehead atoms. The molecule has 1 amide bonds. The highest BCUT2D eigenvalue weighted by molar-refractivity contribution is 9.10. The predicted molar refractivity (Wildman–Crippen MR) is 111 cm³/mol. The third-order valence-electron chi connectivity index (χ3n) is 4.18. The van der Waals surface area contributed by atoms with Gasteiger partial charge in [-0.1, -0.05) is 58.4 Å². The van der Waals surface area contributed by atoms with Crippen molar-refractivity contribution in [2.75, 3.05) is 0 Å². The number of benzene rings is 3. The van der Waals surface area contributed by atoms with Gasteiger partial charge in [-0.05, 0) is 35.0 Å². The summed E-state index contributed by atoms with van der Waals surface area (Å²) in [4.78, 5) is 12.4. The number of aromatic nitrogens is 2. The zero-order chi connectivity index (χ0) is 18.6. The van der Waals surface area contributed by atoms with Crippen molar-refractivity contribution < 1.29 is 4.79 Å². The van der Waals surface area contributed by atoms with E-state index in [0.29, 0.717) is 5.56 Å². The molecule has 0 radical (unpaired) electrons. The lowest BCUT2D eigenvalue weighted by Gasteiger charge is -2.03. The molecule has 0 spiro atoms. The van der Waals surface area contributed by atoms with E-state index in [2.05, 4.69) is 36.7 Å². The van der Waals surface area contributed by atoms with Crippen LogP contribution in [0.25, 0.3) is 22.0 Å². The maximum absolute atomic E-state index is 12.4. The number of aromatic amines is 1. The molecule has 0 aliphatic rings. The summed E-state index contributed by atoms with van der Waals surface area (Å²) in [5.74, 6) is -0.259. The molecule has 4 rings (SSSR count). The van der Waals surface area contributed by atoms with E-state index in [-0.39, 0.29) is 5.91 Å². The van der Waals surface area contributed by atoms with Crippen molar-refractivity contribution in [3.8, 4) is 11.3 Å². The molecule has 27 heavy (non-hydrogen) atoms. The van der Waals surface area contributed by atoms with Crippen molar-refractivity contribution in [3.05, 3.63) is 88.5 Å². The number of hydrazone groups is 1. The van der Waals surface area contributed by atoms with Crippen LogP contribution in [0.4, 0.5) is 0 Å². The number of H-pyrrole nitrogens is 1. The summed E-state index contributed by atoms with van der Waals surface area (Å²) in [7, 11) is 0. The minimum Gasteiger partial charge on any atom is -0.277 e. The number of nitrogens with one attached hydrogen (secondary N) is 2. The molecule has 132 valence electrons. The van der Waals surface area contributed by atoms with Crippen LogP contribution in [-0.2, 0) is 0 Å². The summed E-state index contributed by atoms with van der Waals surface area (Å²) < 4.78 is 1.00. The van der Waals surface area contributed by atoms with E-state index >= 15 is 0 Å². The first-order chi connectivity index (χ1) is 13.2. The van der Waals surface area contributed by atoms with Crippen LogP contribution in [0.1, 0.15) is 15.9 Å². The topological polar surface area (TPSA) is 70.1 Å². The van der Waals surface area contributed by atoms with Gasteiger partial charge in [-0.2, -0.15) is 10.2 Å². The molecule has 4 aromatic rings. The summed E-state index contributed by atoms with van der Waals surface area (Å²) in [6.07, 6.45) is 3.25. The third-order valence-corrected chi connectivity index (χ3v) is 4.71. The van der Waals surface area contributed by atoms with Crippen molar-refractivity contribution in [3.63, 3.8) is 0 Å². The highest BCUT2D eigenvalue weighted by Crippen LogP contribution is 2.22. The fraction of sp³-hybridized carbons (Fsp3) is 0. The summed E-state index contributed by atoms with van der Waals surface area (Å²) in [6.45, 7) is 0. The second-order valence-corrected chi connectivity index (χ2v) is 6.88. The number of halogens is 1. The Balaban J connectivity index is 1.50. The molecular weight excluding hydrogens is 404 g/mol. The highest BCUT2D eigenvalue weighted by atomic mass is 79.9. The lowest BCUT2D eigenvalue weighted by Crippen LogP contribution is -2.17. The summed E-state index contributed by atoms with van der Waals surface area (Å²) in [5, 5.41) is 13.2. The van der Waals surface area contributed by atoms with Gasteiger partial charge in [0.1, 0.15) is 0 Å². The molecule has 2 N–H and O–H groups in total. The highest BCUT2D eigenvalue weighted by Gasteiger charge is 2.07. The monoisotopic (exact) mass is 418 g/mol. The van der Waals surface area contributed by atoms with Crippen molar-refractivity contribution in [2.24, 2.45) is 5.10 Å². The fourth-order valence-electron chi connectivity index (χ4n) is 2.80. The first-order valence-electron chi connectivity index (χ1n) is 8.32. The number of rotatable bonds is 4. The molecule has 1 heterocycles. The average molecular weight is 419 g/mol. The van der Waals surface area contributed by atoms with Crippen LogP contribution < -0.4 is 5.43 Å². The zero-order valence-corrected chi connectivity index (χ0v) is 15.8. The Morgan fingerprint density at radius 1 is 1.04 bits per heavy atom. The summed E-state index contributed by atoms with van der Waals surface area (Å²) in [6, 6.07) is 21.3. The summed E-state index contributed by atoms with van der Waals surface area (Å²) >= 11 is 3.42. The van der Waals surface area contributed by atoms with Gasteiger partial charge in [0, 0.05) is 21.2 Å². The Hall–Kier alpha value is -3.25. The van der Waals surface area contributed by atoms with E-state index in [1.54, 1.807) is 18.5 Å². The minimum atomic E-state index is -0.259. The number of carbonyl (C=O) groups excluding carboxylic acids is 1. The number of nitrogens with zero attached hydrogens (tertiary/aromatic N) is 2. The average Bonchev–Trinajstić information content (AvgIpc) is 3.16. The Labute approximate surface area is 164 Å². The molecule has 3 aromatic carbocycles. The fourth-order valence-corrected chi connectivity index (χ4v) is 3.06. The van der Waals surface area contributed by atoms with E-state index in [9.17, 15) is 4.79 Å². The van der Waals surface area contributed by atoms with E-state index in [0.717, 1.165) is 32.1 Å². The lowest BCUT2D eigenvalue weighted by atomic mass is 10.1. The predicted octanol–water partition coefficient (Wildman–Crippen LogP) is 4.76. The Bertz CT molecular complexity index is 1130. The van der Waals surface area contributed by atoms with Crippen LogP contribution in [0.15, 0.2) is 82.5 Å². The number of amides is 1. The van der Waals surface area contributed by atoms with E-state index in [1.807, 2.05) is 60.7 Å². The molecule has 0 unspecified atom stereocenters. The van der Waals surface area contributed by atoms with E-state index in [1.165, 1.54) is 0 Å². The lowest BCUT2D eigenvalue weighted by molar-refractivity contribution is 0.0955. The van der Waals surface area contributed by atoms with Crippen LogP contribution in [0.3, 0.4) is 0 Å². The molecule has 5 nitrogen and oxygen atoms in total. The standard InChI is InChI=1S/C21H15BrN4O/c22-19-9-7-15(8-10-19)20-18(12-23-25-20)13-24-26-21(27)17-6-5-14-3-1-2-4-16(14)11-17/h1-13H,(H,23,25)(H,26,27)/b24-13+. The number of hydrogen-bond donors (Lipinski definition) is 2. The van der Waals surface area contributed by atoms with Gasteiger partial charge in [0.25, 0.3) is 5.91 Å². The SMILES string of the molecule is O=C(N/N=C/c1cn[nH]c1-c1ccc(Br)cc1)c1ccc2ccccc2c1. The number of hydrogen-bond acceptors (Lipinski definition) is 3. The first-order valence-corrected chi connectivity index (χ1v) is 9.11. The molecule has 1 aromatic heterocycles. The minimum absolute atomic E-state index is 0.259. The molecule has 0 fully saturated rings. The van der Waals surface area contributed by atoms with Gasteiger partial charge in [0.15, 0.2) is 0 Å². The largest absolute Gasteiger partial charge is 0.277 e. The Morgan fingerprint density at radius 2 is 1.81 bits per heavy atom. The van der Waals surface area contributed by atoms with Crippen molar-refractivity contribution in [1.29, 1.82) is 0 Å². The van der Waals surface area contributed by atoms with Crippen molar-refractivity contribution in [2.45, 2.75) is 0 Å². The van der Waals surface area contributed by atoms with Crippen molar-refractivity contribution >= 4 is 38.8 Å². The molecule has 0 atom stereocenters. The van der Waals surface area contributed by atoms with Crippen LogP contribution in [0.5, 0.6) is 0 Å². The molecule has 0 aliphatic carbocycles. The normalized spacial score (nSPS) is 11.1. The van der Waals surface area contributed by atoms with Crippen LogP contribution >= 0.6 is 15.9 Å². The Kier molecular flexibility index (Phi) is 4.80. The van der Waals surface area contributed by atoms with Crippen LogP contribution in [0, 0.1) is 0 Å². The molecule has 0 aliphatic heterocycles. The maximum atomic E-state index is 12.4. The van der Waals surface area contributed by atoms with Crippen LogP contribution in [-0.4, -0.2) is 22.3 Å². The second-order valence-electron chi connectivity index (χ2n) is 5.97. The number of fused-ring (bicyclic) bond motifs is 1. The van der Waals surface area contributed by atoms with Gasteiger partial charge in [-0.15, -0.1) is 0 Å². The molecule has 6 heteroatoms. The summed E-state index contributed by atoms with van der Waals surface area (Å²) in [5.41, 5.74) is 5.74. The zero-order valence-electron chi connectivity index (χ0n) is 14.2. The van der Waals surface area contributed by atoms with Gasteiger partial charge < -0.3 is 0 Å². The molecular formula is C21H15BrN4O. The maximum Gasteiger partial charge on any atom is 0.271 e. The molecule has 0 saturated carbocycles. The van der Waals surface area contributed by atoms with E-state index < -0.39 is 0 Å².